The number of pyridine rings is 1. The van der Waals surface area contributed by atoms with Crippen LogP contribution in [0, 0.1) is 0 Å². The maximum Gasteiger partial charge on any atom is 0.226 e. The molecule has 0 aliphatic heterocycles. The van der Waals surface area contributed by atoms with Crippen LogP contribution in [0.3, 0.4) is 0 Å². The van der Waals surface area contributed by atoms with E-state index in [1.165, 1.54) is 12.3 Å². The summed E-state index contributed by atoms with van der Waals surface area (Å²) in [4.78, 5) is 15.3. The fourth-order valence-electron chi connectivity index (χ4n) is 1.01. The second-order valence-electron chi connectivity index (χ2n) is 3.32. The molecule has 98 valence electrons. The second-order valence-corrected chi connectivity index (χ2v) is 6.20. The molecule has 0 aliphatic rings. The van der Waals surface area contributed by atoms with E-state index in [9.17, 15) is 13.2 Å². The Kier molecular flexibility index (Phi) is 5.13. The van der Waals surface area contributed by atoms with E-state index in [1.807, 2.05) is 0 Å². The van der Waals surface area contributed by atoms with Gasteiger partial charge < -0.3 is 5.32 Å². The number of amides is 1. The van der Waals surface area contributed by atoms with Gasteiger partial charge in [-0.05, 0) is 0 Å². The lowest BCUT2D eigenvalue weighted by atomic mass is 10.4. The molecule has 0 unspecified atom stereocenters. The van der Waals surface area contributed by atoms with Gasteiger partial charge in [0.05, 0.1) is 15.8 Å². The standard InChI is InChI=1S/C10H10Cl2N2O3S/c1-2-18(16,17)4-3-10(15)14-9-5-7(11)8(12)6-13-9/h2,5-6H,1,3-4H2,(H,13,14,15). The molecule has 0 saturated heterocycles. The van der Waals surface area contributed by atoms with E-state index in [1.54, 1.807) is 0 Å². The summed E-state index contributed by atoms with van der Waals surface area (Å²) >= 11 is 11.4. The zero-order valence-electron chi connectivity index (χ0n) is 9.19. The molecule has 8 heteroatoms. The fraction of sp³-hybridized carbons (Fsp3) is 0.200. The summed E-state index contributed by atoms with van der Waals surface area (Å²) in [6.07, 6.45) is 1.11. The Hall–Kier alpha value is -1.11. The number of sulfone groups is 1. The summed E-state index contributed by atoms with van der Waals surface area (Å²) in [7, 11) is -3.39. The van der Waals surface area contributed by atoms with Crippen molar-refractivity contribution in [2.45, 2.75) is 6.42 Å². The van der Waals surface area contributed by atoms with Gasteiger partial charge in [-0.2, -0.15) is 0 Å². The molecule has 0 spiro atoms. The molecule has 0 saturated carbocycles. The van der Waals surface area contributed by atoms with Crippen molar-refractivity contribution in [2.75, 3.05) is 11.1 Å². The lowest BCUT2D eigenvalue weighted by Gasteiger charge is -2.04. The molecule has 0 radical (unpaired) electrons. The summed E-state index contributed by atoms with van der Waals surface area (Å²) in [5.41, 5.74) is 0. The van der Waals surface area contributed by atoms with E-state index < -0.39 is 15.7 Å². The highest BCUT2D eigenvalue weighted by molar-refractivity contribution is 7.94. The topological polar surface area (TPSA) is 76.1 Å². The summed E-state index contributed by atoms with van der Waals surface area (Å²) in [5.74, 6) is -0.569. The Morgan fingerprint density at radius 3 is 2.67 bits per heavy atom. The van der Waals surface area contributed by atoms with Gasteiger partial charge in [0, 0.05) is 24.1 Å². The third-order valence-electron chi connectivity index (χ3n) is 1.94. The smallest absolute Gasteiger partial charge is 0.226 e. The molecular weight excluding hydrogens is 299 g/mol. The van der Waals surface area contributed by atoms with Gasteiger partial charge in [0.25, 0.3) is 0 Å². The van der Waals surface area contributed by atoms with Gasteiger partial charge in [0.15, 0.2) is 9.84 Å². The number of aromatic nitrogens is 1. The largest absolute Gasteiger partial charge is 0.311 e. The highest BCUT2D eigenvalue weighted by Crippen LogP contribution is 2.22. The number of carbonyl (C=O) groups excluding carboxylic acids is 1. The Bertz CT molecular complexity index is 572. The molecule has 0 aromatic carbocycles. The molecule has 1 rings (SSSR count). The molecule has 1 heterocycles. The molecule has 1 aromatic rings. The number of anilines is 1. The third-order valence-corrected chi connectivity index (χ3v) is 3.94. The minimum atomic E-state index is -3.39. The number of hydrogen-bond acceptors (Lipinski definition) is 4. The van der Waals surface area contributed by atoms with Crippen molar-refractivity contribution in [1.82, 2.24) is 4.98 Å². The highest BCUT2D eigenvalue weighted by atomic mass is 35.5. The highest BCUT2D eigenvalue weighted by Gasteiger charge is 2.10. The van der Waals surface area contributed by atoms with Crippen LogP contribution in [0.5, 0.6) is 0 Å². The molecule has 0 bridgehead atoms. The monoisotopic (exact) mass is 308 g/mol. The van der Waals surface area contributed by atoms with E-state index in [0.29, 0.717) is 0 Å². The van der Waals surface area contributed by atoms with Crippen LogP contribution in [0.1, 0.15) is 6.42 Å². The van der Waals surface area contributed by atoms with E-state index in [2.05, 4.69) is 16.9 Å². The first-order valence-electron chi connectivity index (χ1n) is 4.80. The first-order chi connectivity index (χ1) is 8.34. The second kappa shape index (κ2) is 6.17. The number of hydrogen-bond donors (Lipinski definition) is 1. The van der Waals surface area contributed by atoms with Gasteiger partial charge in [-0.25, -0.2) is 13.4 Å². The molecule has 1 amide bonds. The third kappa shape index (κ3) is 4.64. The van der Waals surface area contributed by atoms with Crippen molar-refractivity contribution in [3.05, 3.63) is 34.3 Å². The number of nitrogens with one attached hydrogen (secondary N) is 1. The minimum absolute atomic E-state index is 0.184. The van der Waals surface area contributed by atoms with Crippen molar-refractivity contribution < 1.29 is 13.2 Å². The predicted molar refractivity (Wildman–Crippen MR) is 71.5 cm³/mol. The zero-order chi connectivity index (χ0) is 13.8. The first kappa shape index (κ1) is 14.9. The fourth-order valence-corrected chi connectivity index (χ4v) is 1.90. The van der Waals surface area contributed by atoms with Gasteiger partial charge in [0.1, 0.15) is 5.82 Å². The molecule has 0 aliphatic carbocycles. The Morgan fingerprint density at radius 2 is 2.11 bits per heavy atom. The maximum atomic E-state index is 11.4. The van der Waals surface area contributed by atoms with E-state index >= 15 is 0 Å². The molecule has 1 N–H and O–H groups in total. The first-order valence-corrected chi connectivity index (χ1v) is 7.27. The van der Waals surface area contributed by atoms with E-state index in [4.69, 9.17) is 23.2 Å². The van der Waals surface area contributed by atoms with Crippen LogP contribution in [0.2, 0.25) is 10.0 Å². The van der Waals surface area contributed by atoms with Crippen molar-refractivity contribution in [2.24, 2.45) is 0 Å². The Balaban J connectivity index is 2.60. The number of nitrogens with zero attached hydrogens (tertiary/aromatic N) is 1. The average Bonchev–Trinajstić information content (AvgIpc) is 2.32. The zero-order valence-corrected chi connectivity index (χ0v) is 11.5. The van der Waals surface area contributed by atoms with Crippen LogP contribution in [0.25, 0.3) is 0 Å². The number of halogens is 2. The van der Waals surface area contributed by atoms with Gasteiger partial charge in [-0.1, -0.05) is 29.8 Å². The number of carbonyl (C=O) groups is 1. The lowest BCUT2D eigenvalue weighted by Crippen LogP contribution is -2.16. The van der Waals surface area contributed by atoms with Gasteiger partial charge in [-0.15, -0.1) is 0 Å². The molecule has 5 nitrogen and oxygen atoms in total. The van der Waals surface area contributed by atoms with E-state index in [-0.39, 0.29) is 28.0 Å². The van der Waals surface area contributed by atoms with Gasteiger partial charge in [0.2, 0.25) is 5.91 Å². The summed E-state index contributed by atoms with van der Waals surface area (Å²) < 4.78 is 22.2. The van der Waals surface area contributed by atoms with Crippen LogP contribution in [0.15, 0.2) is 24.3 Å². The van der Waals surface area contributed by atoms with Crippen LogP contribution in [-0.2, 0) is 14.6 Å². The number of rotatable bonds is 5. The quantitative estimate of drug-likeness (QED) is 0.905. The van der Waals surface area contributed by atoms with Crippen LogP contribution in [0.4, 0.5) is 5.82 Å². The van der Waals surface area contributed by atoms with Crippen LogP contribution < -0.4 is 5.32 Å². The summed E-state index contributed by atoms with van der Waals surface area (Å²) in [6, 6.07) is 1.38. The molecule has 0 atom stereocenters. The molecule has 0 fully saturated rings. The lowest BCUT2D eigenvalue weighted by molar-refractivity contribution is -0.115. The normalized spacial score (nSPS) is 11.0. The van der Waals surface area contributed by atoms with Gasteiger partial charge >= 0.3 is 0 Å². The van der Waals surface area contributed by atoms with Crippen molar-refractivity contribution in [3.63, 3.8) is 0 Å². The van der Waals surface area contributed by atoms with Crippen molar-refractivity contribution in [3.8, 4) is 0 Å². The molecule has 18 heavy (non-hydrogen) atoms. The van der Waals surface area contributed by atoms with Gasteiger partial charge in [-0.3, -0.25) is 4.79 Å². The predicted octanol–water partition coefficient (Wildman–Crippen LogP) is 2.28. The minimum Gasteiger partial charge on any atom is -0.311 e. The van der Waals surface area contributed by atoms with Crippen molar-refractivity contribution in [1.29, 1.82) is 0 Å². The Morgan fingerprint density at radius 1 is 1.44 bits per heavy atom. The summed E-state index contributed by atoms with van der Waals surface area (Å²) in [5, 5.41) is 3.75. The Labute approximate surface area is 115 Å². The summed E-state index contributed by atoms with van der Waals surface area (Å²) in [6.45, 7) is 3.15. The van der Waals surface area contributed by atoms with Crippen LogP contribution in [-0.4, -0.2) is 25.1 Å². The molecule has 1 aromatic heterocycles. The SMILES string of the molecule is C=CS(=O)(=O)CCC(=O)Nc1cc(Cl)c(Cl)cn1. The maximum absolute atomic E-state index is 11.4. The van der Waals surface area contributed by atoms with Crippen LogP contribution >= 0.6 is 23.2 Å². The van der Waals surface area contributed by atoms with Crippen molar-refractivity contribution >= 4 is 44.8 Å². The molecular formula is C10H10Cl2N2O3S. The van der Waals surface area contributed by atoms with E-state index in [0.717, 1.165) is 5.41 Å². The average molecular weight is 309 g/mol.